The second-order valence-electron chi connectivity index (χ2n) is 6.97. The molecule has 0 unspecified atom stereocenters. The van der Waals surface area contributed by atoms with Crippen molar-refractivity contribution < 1.29 is 4.74 Å². The summed E-state index contributed by atoms with van der Waals surface area (Å²) < 4.78 is 5.16. The molecule has 0 aliphatic heterocycles. The Kier molecular flexibility index (Phi) is 5.02. The summed E-state index contributed by atoms with van der Waals surface area (Å²) in [4.78, 5) is 4.45. The van der Waals surface area contributed by atoms with Crippen LogP contribution in [-0.4, -0.2) is 22.3 Å². The molecular weight excluding hydrogens is 326 g/mol. The third kappa shape index (κ3) is 4.47. The van der Waals surface area contributed by atoms with E-state index in [0.29, 0.717) is 11.8 Å². The molecular formula is C20H23N5O. The summed E-state index contributed by atoms with van der Waals surface area (Å²) in [5, 5.41) is 14.4. The molecule has 0 amide bonds. The normalized spacial score (nSPS) is 11.1. The fourth-order valence-electron chi connectivity index (χ4n) is 2.42. The number of nitrogens with zero attached hydrogens (tertiary/aromatic N) is 3. The molecule has 1 aromatic heterocycles. The van der Waals surface area contributed by atoms with Gasteiger partial charge in [0.2, 0.25) is 5.95 Å². The van der Waals surface area contributed by atoms with E-state index in [2.05, 4.69) is 58.7 Å². The summed E-state index contributed by atoms with van der Waals surface area (Å²) in [7, 11) is 1.64. The Morgan fingerprint density at radius 1 is 0.846 bits per heavy atom. The molecule has 1 heterocycles. The lowest BCUT2D eigenvalue weighted by molar-refractivity contribution is 0.415. The highest BCUT2D eigenvalue weighted by molar-refractivity contribution is 5.59. The molecule has 26 heavy (non-hydrogen) atoms. The highest BCUT2D eigenvalue weighted by Gasteiger charge is 2.13. The maximum Gasteiger partial charge on any atom is 0.249 e. The van der Waals surface area contributed by atoms with E-state index in [0.717, 1.165) is 17.1 Å². The van der Waals surface area contributed by atoms with Gasteiger partial charge in [-0.05, 0) is 47.4 Å². The smallest absolute Gasteiger partial charge is 0.249 e. The van der Waals surface area contributed by atoms with Crippen molar-refractivity contribution in [1.82, 2.24) is 15.2 Å². The molecule has 2 aromatic carbocycles. The average molecular weight is 349 g/mol. The van der Waals surface area contributed by atoms with E-state index in [-0.39, 0.29) is 5.41 Å². The molecule has 0 aliphatic carbocycles. The van der Waals surface area contributed by atoms with E-state index in [1.54, 1.807) is 13.3 Å². The van der Waals surface area contributed by atoms with Gasteiger partial charge in [-0.15, -0.1) is 5.10 Å². The van der Waals surface area contributed by atoms with E-state index in [1.807, 2.05) is 36.4 Å². The molecule has 0 fully saturated rings. The Hall–Kier alpha value is -3.15. The summed E-state index contributed by atoms with van der Waals surface area (Å²) in [6.07, 6.45) is 1.58. The molecule has 0 atom stereocenters. The van der Waals surface area contributed by atoms with Crippen LogP contribution in [0.3, 0.4) is 0 Å². The second-order valence-corrected chi connectivity index (χ2v) is 6.97. The number of hydrogen-bond acceptors (Lipinski definition) is 6. The van der Waals surface area contributed by atoms with Gasteiger partial charge in [-0.25, -0.2) is 0 Å². The Morgan fingerprint density at radius 2 is 1.46 bits per heavy atom. The minimum Gasteiger partial charge on any atom is -0.497 e. The van der Waals surface area contributed by atoms with Gasteiger partial charge in [0, 0.05) is 11.4 Å². The van der Waals surface area contributed by atoms with Gasteiger partial charge in [0.1, 0.15) is 5.75 Å². The zero-order valence-electron chi connectivity index (χ0n) is 15.4. The molecule has 3 rings (SSSR count). The number of benzene rings is 2. The van der Waals surface area contributed by atoms with Crippen molar-refractivity contribution in [1.29, 1.82) is 0 Å². The number of methoxy groups -OCH3 is 1. The number of anilines is 4. The molecule has 0 spiro atoms. The molecule has 0 saturated carbocycles. The zero-order valence-corrected chi connectivity index (χ0v) is 15.4. The van der Waals surface area contributed by atoms with Crippen LogP contribution >= 0.6 is 0 Å². The fraction of sp³-hybridized carbons (Fsp3) is 0.250. The number of nitrogens with one attached hydrogen (secondary N) is 2. The van der Waals surface area contributed by atoms with Crippen molar-refractivity contribution in [2.45, 2.75) is 26.2 Å². The largest absolute Gasteiger partial charge is 0.497 e. The van der Waals surface area contributed by atoms with Crippen molar-refractivity contribution in [2.24, 2.45) is 0 Å². The number of ether oxygens (including phenoxy) is 1. The van der Waals surface area contributed by atoms with Gasteiger partial charge in [0.25, 0.3) is 0 Å². The van der Waals surface area contributed by atoms with Crippen LogP contribution in [0.25, 0.3) is 0 Å². The predicted molar refractivity (Wildman–Crippen MR) is 105 cm³/mol. The topological polar surface area (TPSA) is 72.0 Å². The van der Waals surface area contributed by atoms with Crippen LogP contribution < -0.4 is 15.4 Å². The molecule has 0 aliphatic rings. The molecule has 0 saturated heterocycles. The summed E-state index contributed by atoms with van der Waals surface area (Å²) in [5.74, 6) is 1.85. The van der Waals surface area contributed by atoms with Crippen LogP contribution in [0.15, 0.2) is 54.7 Å². The monoisotopic (exact) mass is 349 g/mol. The van der Waals surface area contributed by atoms with Crippen LogP contribution in [0.5, 0.6) is 5.75 Å². The van der Waals surface area contributed by atoms with Crippen molar-refractivity contribution in [3.63, 3.8) is 0 Å². The standard InChI is InChI=1S/C20H23N5O/c1-20(2,3)14-5-7-16(8-6-14)23-19-24-18(13-21-25-19)22-15-9-11-17(26-4)12-10-15/h5-13H,1-4H3,(H2,22,23,24,25). The van der Waals surface area contributed by atoms with Crippen LogP contribution in [0.4, 0.5) is 23.1 Å². The quantitative estimate of drug-likeness (QED) is 0.698. The van der Waals surface area contributed by atoms with Gasteiger partial charge in [-0.3, -0.25) is 0 Å². The summed E-state index contributed by atoms with van der Waals surface area (Å²) in [5.41, 5.74) is 3.21. The first-order chi connectivity index (χ1) is 12.4. The lowest BCUT2D eigenvalue weighted by Crippen LogP contribution is -2.10. The van der Waals surface area contributed by atoms with E-state index >= 15 is 0 Å². The Morgan fingerprint density at radius 3 is 2.08 bits per heavy atom. The second kappa shape index (κ2) is 7.39. The summed E-state index contributed by atoms with van der Waals surface area (Å²) in [6, 6.07) is 15.9. The van der Waals surface area contributed by atoms with Crippen LogP contribution in [0, 0.1) is 0 Å². The first kappa shape index (κ1) is 17.7. The molecule has 6 nitrogen and oxygen atoms in total. The fourth-order valence-corrected chi connectivity index (χ4v) is 2.42. The average Bonchev–Trinajstić information content (AvgIpc) is 2.62. The SMILES string of the molecule is COc1ccc(Nc2cnnc(Nc3ccc(C(C)(C)C)cc3)n2)cc1. The molecule has 6 heteroatoms. The lowest BCUT2D eigenvalue weighted by Gasteiger charge is -2.19. The Balaban J connectivity index is 1.70. The van der Waals surface area contributed by atoms with Crippen LogP contribution in [0.1, 0.15) is 26.3 Å². The first-order valence-electron chi connectivity index (χ1n) is 8.42. The van der Waals surface area contributed by atoms with Crippen molar-refractivity contribution in [3.8, 4) is 5.75 Å². The van der Waals surface area contributed by atoms with E-state index < -0.39 is 0 Å². The van der Waals surface area contributed by atoms with Gasteiger partial charge in [-0.1, -0.05) is 32.9 Å². The molecule has 3 aromatic rings. The van der Waals surface area contributed by atoms with Gasteiger partial charge >= 0.3 is 0 Å². The zero-order chi connectivity index (χ0) is 18.6. The number of rotatable bonds is 5. The van der Waals surface area contributed by atoms with Gasteiger partial charge in [-0.2, -0.15) is 10.1 Å². The predicted octanol–water partition coefficient (Wildman–Crippen LogP) is 4.66. The van der Waals surface area contributed by atoms with E-state index in [4.69, 9.17) is 4.74 Å². The summed E-state index contributed by atoms with van der Waals surface area (Å²) >= 11 is 0. The highest BCUT2D eigenvalue weighted by Crippen LogP contribution is 2.24. The van der Waals surface area contributed by atoms with Crippen LogP contribution in [-0.2, 0) is 5.41 Å². The maximum absolute atomic E-state index is 5.16. The van der Waals surface area contributed by atoms with Crippen LogP contribution in [0.2, 0.25) is 0 Å². The van der Waals surface area contributed by atoms with Crippen molar-refractivity contribution >= 4 is 23.1 Å². The minimum absolute atomic E-state index is 0.124. The van der Waals surface area contributed by atoms with Crippen molar-refractivity contribution in [2.75, 3.05) is 17.7 Å². The van der Waals surface area contributed by atoms with E-state index in [9.17, 15) is 0 Å². The van der Waals surface area contributed by atoms with Gasteiger partial charge < -0.3 is 15.4 Å². The van der Waals surface area contributed by atoms with E-state index in [1.165, 1.54) is 5.56 Å². The molecule has 2 N–H and O–H groups in total. The Bertz CT molecular complexity index is 855. The van der Waals surface area contributed by atoms with Gasteiger partial charge in [0.15, 0.2) is 5.82 Å². The number of aromatic nitrogens is 3. The third-order valence-electron chi connectivity index (χ3n) is 3.93. The maximum atomic E-state index is 5.16. The minimum atomic E-state index is 0.124. The van der Waals surface area contributed by atoms with Crippen molar-refractivity contribution in [3.05, 3.63) is 60.3 Å². The Labute approximate surface area is 153 Å². The highest BCUT2D eigenvalue weighted by atomic mass is 16.5. The molecule has 134 valence electrons. The third-order valence-corrected chi connectivity index (χ3v) is 3.93. The molecule has 0 radical (unpaired) electrons. The van der Waals surface area contributed by atoms with Gasteiger partial charge in [0.05, 0.1) is 13.3 Å². The lowest BCUT2D eigenvalue weighted by atomic mass is 9.87. The molecule has 0 bridgehead atoms. The first-order valence-corrected chi connectivity index (χ1v) is 8.42. The number of hydrogen-bond donors (Lipinski definition) is 2. The summed E-state index contributed by atoms with van der Waals surface area (Å²) in [6.45, 7) is 6.57.